The van der Waals surface area contributed by atoms with Crippen LogP contribution in [0.15, 0.2) is 12.2 Å². The van der Waals surface area contributed by atoms with E-state index in [2.05, 4.69) is 20.3 Å². The van der Waals surface area contributed by atoms with Crippen molar-refractivity contribution >= 4 is 11.9 Å². The molecular formula is C13H21N5O3. The summed E-state index contributed by atoms with van der Waals surface area (Å²) in [6, 6.07) is 0. The summed E-state index contributed by atoms with van der Waals surface area (Å²) in [5.74, 6) is 1.05. The summed E-state index contributed by atoms with van der Waals surface area (Å²) in [7, 11) is 5.01. The largest absolute Gasteiger partial charge is 0.466 e. The topological polar surface area (TPSA) is 89.3 Å². The first-order valence-electron chi connectivity index (χ1n) is 6.48. The van der Waals surface area contributed by atoms with E-state index in [1.165, 1.54) is 19.3 Å². The van der Waals surface area contributed by atoms with Crippen LogP contribution in [0.25, 0.3) is 0 Å². The van der Waals surface area contributed by atoms with Gasteiger partial charge in [0.1, 0.15) is 11.6 Å². The van der Waals surface area contributed by atoms with Gasteiger partial charge in [-0.3, -0.25) is 9.69 Å². The molecule has 0 aliphatic heterocycles. The van der Waals surface area contributed by atoms with Crippen LogP contribution in [0.4, 0.5) is 0 Å². The Morgan fingerprint density at radius 1 is 1.43 bits per heavy atom. The number of esters is 1. The maximum Gasteiger partial charge on any atom is 0.330 e. The molecule has 0 fully saturated rings. The quantitative estimate of drug-likeness (QED) is 0.534. The maximum atomic E-state index is 11.7. The first kappa shape index (κ1) is 16.8. The van der Waals surface area contributed by atoms with Gasteiger partial charge in [0.05, 0.1) is 20.2 Å². The smallest absolute Gasteiger partial charge is 0.330 e. The van der Waals surface area contributed by atoms with Crippen LogP contribution in [-0.4, -0.2) is 58.8 Å². The zero-order valence-corrected chi connectivity index (χ0v) is 12.8. The Morgan fingerprint density at radius 3 is 2.71 bits per heavy atom. The SMILES string of the molecule is COC(=O)/C=C/CNC(=O)CN(C)Cc1nnc(C)n1C. The molecule has 0 atom stereocenters. The van der Waals surface area contributed by atoms with Crippen molar-refractivity contribution in [1.29, 1.82) is 0 Å². The van der Waals surface area contributed by atoms with Crippen LogP contribution in [0.5, 0.6) is 0 Å². The molecule has 0 unspecified atom stereocenters. The van der Waals surface area contributed by atoms with E-state index < -0.39 is 5.97 Å². The van der Waals surface area contributed by atoms with Crippen molar-refractivity contribution in [3.05, 3.63) is 23.8 Å². The summed E-state index contributed by atoms with van der Waals surface area (Å²) in [6.07, 6.45) is 2.81. The van der Waals surface area contributed by atoms with Crippen molar-refractivity contribution in [2.45, 2.75) is 13.5 Å². The minimum Gasteiger partial charge on any atom is -0.466 e. The number of aromatic nitrogens is 3. The van der Waals surface area contributed by atoms with Crippen molar-refractivity contribution in [2.24, 2.45) is 7.05 Å². The van der Waals surface area contributed by atoms with E-state index in [1.54, 1.807) is 0 Å². The van der Waals surface area contributed by atoms with Crippen LogP contribution >= 0.6 is 0 Å². The number of nitrogens with one attached hydrogen (secondary N) is 1. The Morgan fingerprint density at radius 2 is 2.14 bits per heavy atom. The number of likely N-dealkylation sites (N-methyl/N-ethyl adjacent to an activating group) is 1. The third-order valence-electron chi connectivity index (χ3n) is 2.88. The van der Waals surface area contributed by atoms with Gasteiger partial charge < -0.3 is 14.6 Å². The van der Waals surface area contributed by atoms with E-state index in [-0.39, 0.29) is 19.0 Å². The molecule has 0 spiro atoms. The minimum atomic E-state index is -0.445. The highest BCUT2D eigenvalue weighted by Gasteiger charge is 2.10. The molecule has 1 aromatic rings. The zero-order chi connectivity index (χ0) is 15.8. The summed E-state index contributed by atoms with van der Waals surface area (Å²) >= 11 is 0. The summed E-state index contributed by atoms with van der Waals surface area (Å²) < 4.78 is 6.32. The van der Waals surface area contributed by atoms with Crippen LogP contribution in [0.3, 0.4) is 0 Å². The summed E-state index contributed by atoms with van der Waals surface area (Å²) in [5.41, 5.74) is 0. The molecule has 0 aliphatic carbocycles. The second-order valence-electron chi connectivity index (χ2n) is 4.62. The van der Waals surface area contributed by atoms with E-state index in [4.69, 9.17) is 0 Å². The van der Waals surface area contributed by atoms with Gasteiger partial charge in [-0.1, -0.05) is 6.08 Å². The van der Waals surface area contributed by atoms with E-state index in [1.807, 2.05) is 30.5 Å². The predicted octanol–water partition coefficient (Wildman–Crippen LogP) is -0.599. The van der Waals surface area contributed by atoms with Crippen molar-refractivity contribution in [2.75, 3.05) is 27.2 Å². The fraction of sp³-hybridized carbons (Fsp3) is 0.538. The van der Waals surface area contributed by atoms with Gasteiger partial charge in [0.2, 0.25) is 5.91 Å². The van der Waals surface area contributed by atoms with Crippen molar-refractivity contribution in [3.8, 4) is 0 Å². The highest BCUT2D eigenvalue weighted by atomic mass is 16.5. The van der Waals surface area contributed by atoms with Crippen molar-refractivity contribution in [3.63, 3.8) is 0 Å². The number of nitrogens with zero attached hydrogens (tertiary/aromatic N) is 4. The summed E-state index contributed by atoms with van der Waals surface area (Å²) in [4.78, 5) is 24.4. The van der Waals surface area contributed by atoms with Gasteiger partial charge in [-0.05, 0) is 14.0 Å². The van der Waals surface area contributed by atoms with E-state index in [9.17, 15) is 9.59 Å². The molecule has 1 aromatic heterocycles. The number of amides is 1. The van der Waals surface area contributed by atoms with Gasteiger partial charge in [-0.2, -0.15) is 0 Å². The molecule has 1 N–H and O–H groups in total. The standard InChI is InChI=1S/C13H21N5O3/c1-10-15-16-11(18(10)3)8-17(2)9-12(19)14-7-5-6-13(20)21-4/h5-6H,7-9H2,1-4H3,(H,14,19)/b6-5+. The second-order valence-corrected chi connectivity index (χ2v) is 4.62. The molecular weight excluding hydrogens is 274 g/mol. The lowest BCUT2D eigenvalue weighted by atomic mass is 10.4. The van der Waals surface area contributed by atoms with E-state index >= 15 is 0 Å². The molecule has 0 saturated heterocycles. The highest BCUT2D eigenvalue weighted by Crippen LogP contribution is 2.00. The Hall–Kier alpha value is -2.22. The van der Waals surface area contributed by atoms with Crippen molar-refractivity contribution < 1.29 is 14.3 Å². The molecule has 0 aromatic carbocycles. The van der Waals surface area contributed by atoms with Gasteiger partial charge in [-0.15, -0.1) is 10.2 Å². The van der Waals surface area contributed by atoms with Crippen LogP contribution in [0.1, 0.15) is 11.6 Å². The van der Waals surface area contributed by atoms with Gasteiger partial charge >= 0.3 is 5.97 Å². The first-order chi connectivity index (χ1) is 9.93. The number of aryl methyl sites for hydroxylation is 1. The van der Waals surface area contributed by atoms with Gasteiger partial charge in [0, 0.05) is 19.7 Å². The minimum absolute atomic E-state index is 0.133. The second kappa shape index (κ2) is 8.15. The maximum absolute atomic E-state index is 11.7. The van der Waals surface area contributed by atoms with Crippen LogP contribution in [-0.2, 0) is 27.9 Å². The van der Waals surface area contributed by atoms with Gasteiger partial charge in [-0.25, -0.2) is 4.79 Å². The summed E-state index contributed by atoms with van der Waals surface area (Å²) in [6.45, 7) is 2.92. The fourth-order valence-electron chi connectivity index (χ4n) is 1.58. The number of ether oxygens (including phenoxy) is 1. The third kappa shape index (κ3) is 5.74. The molecule has 0 aliphatic rings. The third-order valence-corrected chi connectivity index (χ3v) is 2.88. The molecule has 1 heterocycles. The van der Waals surface area contributed by atoms with Gasteiger partial charge in [0.25, 0.3) is 0 Å². The molecule has 0 saturated carbocycles. The molecule has 0 bridgehead atoms. The molecule has 1 rings (SSSR count). The van der Waals surface area contributed by atoms with Crippen LogP contribution in [0.2, 0.25) is 0 Å². The molecule has 8 heteroatoms. The number of hydrogen-bond donors (Lipinski definition) is 1. The van der Waals surface area contributed by atoms with E-state index in [0.717, 1.165) is 11.6 Å². The molecule has 1 amide bonds. The average Bonchev–Trinajstić information content (AvgIpc) is 2.75. The number of carbonyl (C=O) groups excluding carboxylic acids is 2. The average molecular weight is 295 g/mol. The monoisotopic (exact) mass is 295 g/mol. The van der Waals surface area contributed by atoms with Gasteiger partial charge in [0.15, 0.2) is 0 Å². The lowest BCUT2D eigenvalue weighted by Gasteiger charge is -2.15. The van der Waals surface area contributed by atoms with E-state index in [0.29, 0.717) is 6.54 Å². The zero-order valence-electron chi connectivity index (χ0n) is 12.8. The summed E-state index contributed by atoms with van der Waals surface area (Å²) in [5, 5.41) is 10.7. The molecule has 21 heavy (non-hydrogen) atoms. The Kier molecular flexibility index (Phi) is 6.54. The van der Waals surface area contributed by atoms with Crippen molar-refractivity contribution in [1.82, 2.24) is 25.0 Å². The number of hydrogen-bond acceptors (Lipinski definition) is 6. The number of carbonyl (C=O) groups is 2. The first-order valence-corrected chi connectivity index (χ1v) is 6.48. The van der Waals surface area contributed by atoms with Crippen LogP contribution in [0, 0.1) is 6.92 Å². The number of methoxy groups -OCH3 is 1. The Bertz CT molecular complexity index is 524. The Balaban J connectivity index is 2.32. The normalized spacial score (nSPS) is 11.1. The molecule has 116 valence electrons. The lowest BCUT2D eigenvalue weighted by Crippen LogP contribution is -2.35. The highest BCUT2D eigenvalue weighted by molar-refractivity contribution is 5.82. The molecule has 8 nitrogen and oxygen atoms in total. The fourth-order valence-corrected chi connectivity index (χ4v) is 1.58. The molecule has 0 radical (unpaired) electrons. The predicted molar refractivity (Wildman–Crippen MR) is 76.2 cm³/mol. The van der Waals surface area contributed by atoms with Crippen LogP contribution < -0.4 is 5.32 Å². The number of rotatable bonds is 7. The Labute approximate surface area is 123 Å². The lowest BCUT2D eigenvalue weighted by molar-refractivity contribution is -0.134.